The number of hydrogen-bond donors (Lipinski definition) is 1. The van der Waals surface area contributed by atoms with E-state index in [1.807, 2.05) is 6.92 Å². The molecule has 1 N–H and O–H groups in total. The van der Waals surface area contributed by atoms with Crippen LogP contribution in [0.25, 0.3) is 0 Å². The van der Waals surface area contributed by atoms with E-state index in [4.69, 9.17) is 23.2 Å². The Bertz CT molecular complexity index is 488. The molecule has 112 valence electrons. The minimum absolute atomic E-state index is 0.0886. The lowest BCUT2D eigenvalue weighted by Gasteiger charge is -2.31. The van der Waals surface area contributed by atoms with Crippen molar-refractivity contribution in [3.05, 3.63) is 27.7 Å². The lowest BCUT2D eigenvalue weighted by Crippen LogP contribution is -2.34. The van der Waals surface area contributed by atoms with Gasteiger partial charge in [0.15, 0.2) is 0 Å². The summed E-state index contributed by atoms with van der Waals surface area (Å²) < 4.78 is 38.3. The highest BCUT2D eigenvalue weighted by Crippen LogP contribution is 2.39. The fourth-order valence-electron chi connectivity index (χ4n) is 2.59. The van der Waals surface area contributed by atoms with Crippen LogP contribution < -0.4 is 5.32 Å². The van der Waals surface area contributed by atoms with Gasteiger partial charge < -0.3 is 5.32 Å². The summed E-state index contributed by atoms with van der Waals surface area (Å²) in [6.45, 7) is 1.83. The van der Waals surface area contributed by atoms with Crippen molar-refractivity contribution in [2.24, 2.45) is 5.92 Å². The van der Waals surface area contributed by atoms with Crippen LogP contribution in [0, 0.1) is 12.8 Å². The summed E-state index contributed by atoms with van der Waals surface area (Å²) in [5.74, 6) is -1.23. The Balaban J connectivity index is 2.08. The van der Waals surface area contributed by atoms with Gasteiger partial charge in [-0.2, -0.15) is 13.2 Å². The summed E-state index contributed by atoms with van der Waals surface area (Å²) in [5.41, 5.74) is 1.45. The van der Waals surface area contributed by atoms with Gasteiger partial charge >= 0.3 is 6.18 Å². The van der Waals surface area contributed by atoms with Crippen LogP contribution in [-0.2, 0) is 0 Å². The molecule has 2 atom stereocenters. The summed E-state index contributed by atoms with van der Waals surface area (Å²) in [5, 5.41) is 4.15. The third kappa shape index (κ3) is 3.73. The molecule has 1 nitrogen and oxygen atoms in total. The highest BCUT2D eigenvalue weighted by atomic mass is 35.5. The second-order valence-electron chi connectivity index (χ2n) is 5.33. The minimum atomic E-state index is -4.12. The lowest BCUT2D eigenvalue weighted by molar-refractivity contribution is -0.182. The Labute approximate surface area is 126 Å². The van der Waals surface area contributed by atoms with E-state index in [1.165, 1.54) is 0 Å². The third-order valence-electron chi connectivity index (χ3n) is 3.75. The molecule has 1 fully saturated rings. The molecule has 1 aromatic carbocycles. The van der Waals surface area contributed by atoms with Crippen molar-refractivity contribution in [1.29, 1.82) is 0 Å². The molecule has 2 unspecified atom stereocenters. The molecule has 20 heavy (non-hydrogen) atoms. The highest BCUT2D eigenvalue weighted by molar-refractivity contribution is 6.35. The number of alkyl halides is 3. The van der Waals surface area contributed by atoms with E-state index in [0.717, 1.165) is 5.56 Å². The summed E-state index contributed by atoms with van der Waals surface area (Å²) in [7, 11) is 0. The number of nitrogens with one attached hydrogen (secondary N) is 1. The van der Waals surface area contributed by atoms with E-state index in [0.29, 0.717) is 28.6 Å². The average molecular weight is 326 g/mol. The van der Waals surface area contributed by atoms with Gasteiger partial charge in [0.05, 0.1) is 16.6 Å². The van der Waals surface area contributed by atoms with Crippen molar-refractivity contribution >= 4 is 28.9 Å². The van der Waals surface area contributed by atoms with E-state index in [9.17, 15) is 13.2 Å². The zero-order valence-corrected chi connectivity index (χ0v) is 12.5. The van der Waals surface area contributed by atoms with Gasteiger partial charge in [0.25, 0.3) is 0 Å². The molecule has 6 heteroatoms. The van der Waals surface area contributed by atoms with Gasteiger partial charge in [-0.1, -0.05) is 29.6 Å². The van der Waals surface area contributed by atoms with Crippen LogP contribution in [-0.4, -0.2) is 12.2 Å². The molecule has 0 radical (unpaired) electrons. The zero-order valence-electron chi connectivity index (χ0n) is 11.0. The minimum Gasteiger partial charge on any atom is -0.381 e. The summed E-state index contributed by atoms with van der Waals surface area (Å²) >= 11 is 12.1. The number of hydrogen-bond acceptors (Lipinski definition) is 1. The van der Waals surface area contributed by atoms with E-state index in [1.54, 1.807) is 12.1 Å². The van der Waals surface area contributed by atoms with Crippen LogP contribution in [0.15, 0.2) is 12.1 Å². The maximum absolute atomic E-state index is 12.8. The molecule has 2 rings (SSSR count). The van der Waals surface area contributed by atoms with Gasteiger partial charge in [0.2, 0.25) is 0 Å². The first-order valence-electron chi connectivity index (χ1n) is 6.56. The van der Waals surface area contributed by atoms with E-state index >= 15 is 0 Å². The third-order valence-corrected chi connectivity index (χ3v) is 4.46. The summed E-state index contributed by atoms with van der Waals surface area (Å²) in [6, 6.07) is 3.18. The second kappa shape index (κ2) is 6.02. The standard InChI is InChI=1S/C14H16Cl2F3N/c1-8-5-12(16)13(7-11(8)15)20-10-4-2-3-9(6-10)14(17,18)19/h5,7,9-10,20H,2-4,6H2,1H3. The molecule has 0 spiro atoms. The van der Waals surface area contributed by atoms with Crippen molar-refractivity contribution in [2.75, 3.05) is 5.32 Å². The number of rotatable bonds is 2. The molecule has 1 aliphatic carbocycles. The maximum Gasteiger partial charge on any atom is 0.391 e. The monoisotopic (exact) mass is 325 g/mol. The fourth-order valence-corrected chi connectivity index (χ4v) is 3.03. The van der Waals surface area contributed by atoms with Crippen LogP contribution in [0.2, 0.25) is 10.0 Å². The first kappa shape index (κ1) is 15.8. The van der Waals surface area contributed by atoms with Gasteiger partial charge in [-0.25, -0.2) is 0 Å². The Morgan fingerprint density at radius 3 is 2.50 bits per heavy atom. The summed E-state index contributed by atoms with van der Waals surface area (Å²) in [4.78, 5) is 0. The SMILES string of the molecule is Cc1cc(Cl)c(NC2CCCC(C(F)(F)F)C2)cc1Cl. The van der Waals surface area contributed by atoms with Crippen LogP contribution >= 0.6 is 23.2 Å². The van der Waals surface area contributed by atoms with E-state index in [2.05, 4.69) is 5.32 Å². The number of aryl methyl sites for hydroxylation is 1. The van der Waals surface area contributed by atoms with Crippen LogP contribution in [0.3, 0.4) is 0 Å². The van der Waals surface area contributed by atoms with Gasteiger partial charge in [0, 0.05) is 11.1 Å². The van der Waals surface area contributed by atoms with Gasteiger partial charge in [-0.05, 0) is 43.9 Å². The Morgan fingerprint density at radius 2 is 1.85 bits per heavy atom. The number of anilines is 1. The quantitative estimate of drug-likeness (QED) is 0.720. The molecule has 0 aromatic heterocycles. The summed E-state index contributed by atoms with van der Waals surface area (Å²) in [6.07, 6.45) is -2.53. The number of halogens is 5. The Kier molecular flexibility index (Phi) is 4.75. The fraction of sp³-hybridized carbons (Fsp3) is 0.571. The number of benzene rings is 1. The molecular formula is C14H16Cl2F3N. The van der Waals surface area contributed by atoms with Crippen LogP contribution in [0.1, 0.15) is 31.2 Å². The van der Waals surface area contributed by atoms with Crippen molar-refractivity contribution in [1.82, 2.24) is 0 Å². The lowest BCUT2D eigenvalue weighted by atomic mass is 9.85. The molecule has 1 aromatic rings. The topological polar surface area (TPSA) is 12.0 Å². The predicted molar refractivity (Wildman–Crippen MR) is 76.6 cm³/mol. The van der Waals surface area contributed by atoms with E-state index in [-0.39, 0.29) is 18.9 Å². The maximum atomic E-state index is 12.8. The molecule has 1 saturated carbocycles. The van der Waals surface area contributed by atoms with Crippen LogP contribution in [0.5, 0.6) is 0 Å². The first-order valence-corrected chi connectivity index (χ1v) is 7.32. The largest absolute Gasteiger partial charge is 0.391 e. The van der Waals surface area contributed by atoms with Crippen molar-refractivity contribution in [3.63, 3.8) is 0 Å². The Hall–Kier alpha value is -0.610. The molecule has 0 amide bonds. The molecule has 1 aliphatic rings. The molecule has 0 aliphatic heterocycles. The Morgan fingerprint density at radius 1 is 1.15 bits per heavy atom. The molecule has 0 saturated heterocycles. The smallest absolute Gasteiger partial charge is 0.381 e. The predicted octanol–water partition coefficient (Wildman–Crippen LogP) is 5.83. The van der Waals surface area contributed by atoms with Crippen molar-refractivity contribution < 1.29 is 13.2 Å². The van der Waals surface area contributed by atoms with Gasteiger partial charge in [-0.15, -0.1) is 0 Å². The molecular weight excluding hydrogens is 310 g/mol. The van der Waals surface area contributed by atoms with E-state index < -0.39 is 12.1 Å². The highest BCUT2D eigenvalue weighted by Gasteiger charge is 2.42. The van der Waals surface area contributed by atoms with Gasteiger partial charge in [-0.3, -0.25) is 0 Å². The molecule has 0 bridgehead atoms. The van der Waals surface area contributed by atoms with Crippen molar-refractivity contribution in [2.45, 2.75) is 44.8 Å². The van der Waals surface area contributed by atoms with Crippen molar-refractivity contribution in [3.8, 4) is 0 Å². The average Bonchev–Trinajstić information content (AvgIpc) is 2.35. The second-order valence-corrected chi connectivity index (χ2v) is 6.14. The molecule has 0 heterocycles. The van der Waals surface area contributed by atoms with Gasteiger partial charge in [0.1, 0.15) is 0 Å². The van der Waals surface area contributed by atoms with Crippen LogP contribution in [0.4, 0.5) is 18.9 Å². The zero-order chi connectivity index (χ0) is 14.9. The normalized spacial score (nSPS) is 23.7. The first-order chi connectivity index (χ1) is 9.27.